The van der Waals surface area contributed by atoms with Crippen LogP contribution in [0.15, 0.2) is 6.07 Å². The van der Waals surface area contributed by atoms with Crippen molar-refractivity contribution in [3.8, 4) is 6.07 Å². The Bertz CT molecular complexity index is 344. The summed E-state index contributed by atoms with van der Waals surface area (Å²) in [7, 11) is 0. The predicted molar refractivity (Wildman–Crippen MR) is 46.1 cm³/mol. The van der Waals surface area contributed by atoms with Crippen LogP contribution in [-0.4, -0.2) is 0 Å². The van der Waals surface area contributed by atoms with Gasteiger partial charge in [0, 0.05) is 0 Å². The molecule has 0 unspecified atom stereocenters. The molecule has 12 heavy (non-hydrogen) atoms. The van der Waals surface area contributed by atoms with E-state index in [1.807, 2.05) is 0 Å². The minimum absolute atomic E-state index is 0.0184. The smallest absolute Gasteiger partial charge is 0.144 e. The molecule has 0 aliphatic heterocycles. The van der Waals surface area contributed by atoms with E-state index in [1.165, 1.54) is 0 Å². The molecule has 0 bridgehead atoms. The first kappa shape index (κ1) is 9.60. The average Bonchev–Trinajstić information content (AvgIpc) is 2.02. The molecule has 0 heterocycles. The van der Waals surface area contributed by atoms with E-state index >= 15 is 0 Å². The second-order valence-corrected chi connectivity index (χ2v) is 3.12. The number of benzene rings is 1. The van der Waals surface area contributed by atoms with Gasteiger partial charge in [-0.2, -0.15) is 5.26 Å². The lowest BCUT2D eigenvalue weighted by Gasteiger charge is -2.01. The summed E-state index contributed by atoms with van der Waals surface area (Å²) in [5.74, 6) is -0.748. The Balaban J connectivity index is 3.56. The van der Waals surface area contributed by atoms with Crippen molar-refractivity contribution < 1.29 is 4.39 Å². The molecule has 1 aromatic rings. The molecule has 0 spiro atoms. The maximum Gasteiger partial charge on any atom is 0.144 e. The van der Waals surface area contributed by atoms with Crippen LogP contribution in [0, 0.1) is 17.1 Å². The molecule has 0 aliphatic rings. The van der Waals surface area contributed by atoms with Crippen LogP contribution in [-0.2, 0) is 0 Å². The molecule has 0 fully saturated rings. The standard InChI is InChI=1S/C7HCl3FN/c8-4-1-5(11)7(10)3(2-12)6(4)9/h1H. The molecule has 1 nitrogen and oxygen atoms in total. The van der Waals surface area contributed by atoms with Crippen molar-refractivity contribution in [2.75, 3.05) is 0 Å². The monoisotopic (exact) mass is 223 g/mol. The summed E-state index contributed by atoms with van der Waals surface area (Å²) in [6.07, 6.45) is 0. The number of halogens is 4. The number of rotatable bonds is 0. The normalized spacial score (nSPS) is 9.58. The van der Waals surface area contributed by atoms with Gasteiger partial charge in [0.25, 0.3) is 0 Å². The summed E-state index contributed by atoms with van der Waals surface area (Å²) >= 11 is 16.5. The molecule has 0 aliphatic carbocycles. The van der Waals surface area contributed by atoms with Crippen molar-refractivity contribution in [1.29, 1.82) is 5.26 Å². The highest BCUT2D eigenvalue weighted by molar-refractivity contribution is 6.44. The van der Waals surface area contributed by atoms with E-state index in [0.29, 0.717) is 0 Å². The van der Waals surface area contributed by atoms with Crippen LogP contribution in [0.25, 0.3) is 0 Å². The Hall–Kier alpha value is -0.490. The fraction of sp³-hybridized carbons (Fsp3) is 0. The number of nitrogens with zero attached hydrogens (tertiary/aromatic N) is 1. The topological polar surface area (TPSA) is 23.8 Å². The zero-order valence-corrected chi connectivity index (χ0v) is 7.80. The number of hydrogen-bond acceptors (Lipinski definition) is 1. The molecule has 1 rings (SSSR count). The fourth-order valence-corrected chi connectivity index (χ4v) is 1.29. The van der Waals surface area contributed by atoms with Gasteiger partial charge < -0.3 is 0 Å². The lowest BCUT2D eigenvalue weighted by Crippen LogP contribution is -1.86. The molecule has 0 radical (unpaired) electrons. The molecular formula is C7HCl3FN. The van der Waals surface area contributed by atoms with Crippen molar-refractivity contribution in [3.63, 3.8) is 0 Å². The van der Waals surface area contributed by atoms with Gasteiger partial charge in [-0.25, -0.2) is 4.39 Å². The largest absolute Gasteiger partial charge is 0.205 e. The third-order valence-corrected chi connectivity index (χ3v) is 2.38. The van der Waals surface area contributed by atoms with Crippen molar-refractivity contribution in [3.05, 3.63) is 32.5 Å². The average molecular weight is 224 g/mol. The lowest BCUT2D eigenvalue weighted by molar-refractivity contribution is 0.628. The molecule has 0 atom stereocenters. The quantitative estimate of drug-likeness (QED) is 0.617. The molecular weight excluding hydrogens is 223 g/mol. The molecule has 1 aromatic carbocycles. The molecule has 62 valence electrons. The van der Waals surface area contributed by atoms with Crippen LogP contribution in [0.4, 0.5) is 4.39 Å². The summed E-state index contributed by atoms with van der Waals surface area (Å²) in [5, 5.41) is 8.16. The van der Waals surface area contributed by atoms with Gasteiger partial charge in [0.15, 0.2) is 0 Å². The molecule has 0 amide bonds. The van der Waals surface area contributed by atoms with Gasteiger partial charge >= 0.3 is 0 Å². The molecule has 0 N–H and O–H groups in total. The SMILES string of the molecule is N#Cc1c(Cl)c(F)cc(Cl)c1Cl. The summed E-state index contributed by atoms with van der Waals surface area (Å²) < 4.78 is 12.8. The van der Waals surface area contributed by atoms with E-state index < -0.39 is 5.82 Å². The van der Waals surface area contributed by atoms with Gasteiger partial charge in [0.1, 0.15) is 11.9 Å². The second kappa shape index (κ2) is 3.49. The highest BCUT2D eigenvalue weighted by Gasteiger charge is 2.13. The summed E-state index contributed by atoms with van der Waals surface area (Å²) in [6, 6.07) is 2.62. The Labute approximate surface area is 83.3 Å². The van der Waals surface area contributed by atoms with E-state index in [9.17, 15) is 4.39 Å². The lowest BCUT2D eigenvalue weighted by atomic mass is 10.2. The summed E-state index contributed by atoms with van der Waals surface area (Å²) in [6.45, 7) is 0. The van der Waals surface area contributed by atoms with Gasteiger partial charge in [-0.1, -0.05) is 34.8 Å². The van der Waals surface area contributed by atoms with Crippen molar-refractivity contribution in [1.82, 2.24) is 0 Å². The van der Waals surface area contributed by atoms with Crippen LogP contribution in [0.5, 0.6) is 0 Å². The summed E-state index contributed by atoms with van der Waals surface area (Å²) in [5.41, 5.74) is -0.136. The third-order valence-electron chi connectivity index (χ3n) is 1.22. The van der Waals surface area contributed by atoms with E-state index in [-0.39, 0.29) is 20.6 Å². The number of hydrogen-bond donors (Lipinski definition) is 0. The minimum Gasteiger partial charge on any atom is -0.205 e. The maximum absolute atomic E-state index is 12.8. The second-order valence-electron chi connectivity index (χ2n) is 1.95. The van der Waals surface area contributed by atoms with Crippen molar-refractivity contribution in [2.24, 2.45) is 0 Å². The first-order valence-electron chi connectivity index (χ1n) is 2.81. The van der Waals surface area contributed by atoms with Gasteiger partial charge in [-0.15, -0.1) is 0 Å². The molecule has 0 saturated carbocycles. The molecule has 0 saturated heterocycles. The van der Waals surface area contributed by atoms with E-state index in [4.69, 9.17) is 40.1 Å². The fourth-order valence-electron chi connectivity index (χ4n) is 0.671. The Morgan fingerprint density at radius 2 is 1.83 bits per heavy atom. The van der Waals surface area contributed by atoms with E-state index in [2.05, 4.69) is 0 Å². The highest BCUT2D eigenvalue weighted by Crippen LogP contribution is 2.32. The van der Waals surface area contributed by atoms with Crippen LogP contribution >= 0.6 is 34.8 Å². The van der Waals surface area contributed by atoms with Gasteiger partial charge in [0.2, 0.25) is 0 Å². The Morgan fingerprint density at radius 3 is 2.33 bits per heavy atom. The zero-order valence-electron chi connectivity index (χ0n) is 5.54. The first-order valence-corrected chi connectivity index (χ1v) is 3.94. The summed E-state index contributed by atoms with van der Waals surface area (Å²) in [4.78, 5) is 0. The van der Waals surface area contributed by atoms with Crippen molar-refractivity contribution >= 4 is 34.8 Å². The van der Waals surface area contributed by atoms with Crippen LogP contribution < -0.4 is 0 Å². The zero-order chi connectivity index (χ0) is 9.30. The van der Waals surface area contributed by atoms with Crippen LogP contribution in [0.2, 0.25) is 15.1 Å². The van der Waals surface area contributed by atoms with Gasteiger partial charge in [-0.05, 0) is 6.07 Å². The highest BCUT2D eigenvalue weighted by atomic mass is 35.5. The van der Waals surface area contributed by atoms with E-state index in [1.54, 1.807) is 6.07 Å². The molecule has 0 aromatic heterocycles. The Kier molecular flexibility index (Phi) is 2.79. The Morgan fingerprint density at radius 1 is 1.25 bits per heavy atom. The number of nitriles is 1. The first-order chi connectivity index (χ1) is 5.57. The maximum atomic E-state index is 12.8. The van der Waals surface area contributed by atoms with E-state index in [0.717, 1.165) is 6.07 Å². The van der Waals surface area contributed by atoms with Crippen molar-refractivity contribution in [2.45, 2.75) is 0 Å². The van der Waals surface area contributed by atoms with Gasteiger partial charge in [-0.3, -0.25) is 0 Å². The van der Waals surface area contributed by atoms with Crippen LogP contribution in [0.3, 0.4) is 0 Å². The predicted octanol–water partition coefficient (Wildman–Crippen LogP) is 3.66. The van der Waals surface area contributed by atoms with Crippen LogP contribution in [0.1, 0.15) is 5.56 Å². The van der Waals surface area contributed by atoms with Gasteiger partial charge in [0.05, 0.1) is 20.6 Å². The molecule has 5 heteroatoms. The minimum atomic E-state index is -0.748. The third kappa shape index (κ3) is 1.49.